The summed E-state index contributed by atoms with van der Waals surface area (Å²) in [6.45, 7) is 0. The van der Waals surface area contributed by atoms with E-state index in [1.54, 1.807) is 53.1 Å². The summed E-state index contributed by atoms with van der Waals surface area (Å²) >= 11 is 0. The maximum Gasteiger partial charge on any atom is 0.254 e. The van der Waals surface area contributed by atoms with Gasteiger partial charge in [-0.05, 0) is 10.2 Å². The number of rotatable bonds is 6. The fourth-order valence-corrected chi connectivity index (χ4v) is 2.55. The molecule has 0 bridgehead atoms. The van der Waals surface area contributed by atoms with E-state index in [0.29, 0.717) is 5.69 Å². The van der Waals surface area contributed by atoms with Gasteiger partial charge in [0, 0.05) is 11.8 Å². The van der Waals surface area contributed by atoms with Crippen LogP contribution in [0.1, 0.15) is 5.69 Å². The molecule has 2 rings (SSSR count). The van der Waals surface area contributed by atoms with Gasteiger partial charge >= 0.3 is 0 Å². The van der Waals surface area contributed by atoms with Gasteiger partial charge in [0.05, 0.1) is 70.6 Å². The lowest BCUT2D eigenvalue weighted by Gasteiger charge is -2.54. The van der Waals surface area contributed by atoms with E-state index >= 15 is 0 Å². The van der Waals surface area contributed by atoms with Crippen LogP contribution in [0, 0.1) is 0 Å². The number of hydrogen-bond donors (Lipinski definition) is 4. The van der Waals surface area contributed by atoms with Crippen LogP contribution in [0.3, 0.4) is 0 Å². The number of hydrogen-bond acceptors (Lipinski definition) is 8. The first kappa shape index (κ1) is 23.1. The summed E-state index contributed by atoms with van der Waals surface area (Å²) in [5.41, 5.74) is 0.586. The number of nitrogens with zero attached hydrogens (tertiary/aromatic N) is 5. The third-order valence-corrected chi connectivity index (χ3v) is 4.87. The molecule has 0 unspecified atom stereocenters. The zero-order valence-corrected chi connectivity index (χ0v) is 18.2. The Labute approximate surface area is 172 Å². The van der Waals surface area contributed by atoms with Gasteiger partial charge in [0.15, 0.2) is 0 Å². The van der Waals surface area contributed by atoms with Crippen molar-refractivity contribution in [1.29, 1.82) is 0 Å². The van der Waals surface area contributed by atoms with E-state index in [-0.39, 0.29) is 11.6 Å². The Balaban J connectivity index is 2.95. The molecule has 9 nitrogen and oxygen atoms in total. The minimum Gasteiger partial charge on any atom is -0.350 e. The highest BCUT2D eigenvalue weighted by Crippen LogP contribution is 2.43. The van der Waals surface area contributed by atoms with Crippen LogP contribution in [-0.2, 0) is 5.11 Å². The fourth-order valence-electron chi connectivity index (χ4n) is 2.55. The van der Waals surface area contributed by atoms with Gasteiger partial charge in [0.1, 0.15) is 12.1 Å². The van der Waals surface area contributed by atoms with Gasteiger partial charge in [-0.2, -0.15) is 14.6 Å². The minimum absolute atomic E-state index is 0.0484. The van der Waals surface area contributed by atoms with Crippen LogP contribution in [0.25, 0.3) is 5.78 Å². The molecule has 0 spiro atoms. The number of fused-ring (bicyclic) bond motifs is 1. The van der Waals surface area contributed by atoms with Crippen LogP contribution in [0.5, 0.6) is 0 Å². The monoisotopic (exact) mass is 377 g/mol. The first-order chi connectivity index (χ1) is 12.3. The predicted octanol–water partition coefficient (Wildman–Crippen LogP) is -10.8. The van der Waals surface area contributed by atoms with Gasteiger partial charge < -0.3 is 20.4 Å². The van der Waals surface area contributed by atoms with E-state index in [4.69, 9.17) is 0 Å². The molecule has 18 heteroatoms. The molecule has 0 saturated carbocycles. The quantitative estimate of drug-likeness (QED) is 0.290. The normalized spacial score (nSPS) is 14.3. The highest BCUT2D eigenvalue weighted by atomic mass is 16.6. The molecule has 28 heavy (non-hydrogen) atoms. The Morgan fingerprint density at radius 2 is 1.29 bits per heavy atom. The van der Waals surface area contributed by atoms with Crippen LogP contribution >= 0.6 is 0 Å². The fraction of sp³-hybridized carbons (Fsp3) is 0.500. The van der Waals surface area contributed by atoms with E-state index in [2.05, 4.69) is 15.1 Å². The standard InChI is InChI=1S/C10H24B9N5O4/c11-6(12,13)3-1-4(23-5(22-3)20-2-21-23)24(9(25,26)7(14,15)16)10(27,28)8(17,18)19/h1-2,25-28H,11-19H2. The lowest BCUT2D eigenvalue weighted by molar-refractivity contribution is -0.249. The van der Waals surface area contributed by atoms with Crippen molar-refractivity contribution in [2.45, 2.75) is 27.2 Å². The number of aliphatic hydroxyl groups is 4. The minimum atomic E-state index is -2.65. The summed E-state index contributed by atoms with van der Waals surface area (Å²) in [6, 6.07) is 1.57. The second-order valence-electron chi connectivity index (χ2n) is 10.3. The van der Waals surface area contributed by atoms with E-state index in [1.807, 2.05) is 23.5 Å². The molecule has 2 heterocycles. The summed E-state index contributed by atoms with van der Waals surface area (Å²) in [4.78, 5) is 9.36. The van der Waals surface area contributed by atoms with Crippen molar-refractivity contribution < 1.29 is 20.4 Å². The lowest BCUT2D eigenvalue weighted by atomic mass is 9.38. The average Bonchev–Trinajstić information content (AvgIpc) is 2.91. The molecule has 0 aromatic carbocycles. The third-order valence-electron chi connectivity index (χ3n) is 4.87. The maximum absolute atomic E-state index is 11.1. The Hall–Kier alpha value is -1.23. The molecule has 0 amide bonds. The van der Waals surface area contributed by atoms with Crippen molar-refractivity contribution in [3.63, 3.8) is 0 Å². The predicted molar refractivity (Wildman–Crippen MR) is 132 cm³/mol. The van der Waals surface area contributed by atoms with E-state index in [1.165, 1.54) is 10.8 Å². The number of anilines is 1. The van der Waals surface area contributed by atoms with Crippen LogP contribution in [0.4, 0.5) is 5.82 Å². The van der Waals surface area contributed by atoms with Crippen molar-refractivity contribution in [3.05, 3.63) is 18.1 Å². The van der Waals surface area contributed by atoms with E-state index in [9.17, 15) is 20.4 Å². The molecule has 0 fully saturated rings. The van der Waals surface area contributed by atoms with Crippen LogP contribution in [0.2, 0.25) is 10.2 Å². The van der Waals surface area contributed by atoms with Crippen LogP contribution < -0.4 is 4.90 Å². The molecular formula is C10H24B9N5O4. The zero-order chi connectivity index (χ0) is 21.9. The van der Waals surface area contributed by atoms with E-state index in [0.717, 1.165) is 4.90 Å². The molecule has 0 aliphatic carbocycles. The Morgan fingerprint density at radius 3 is 1.68 bits per heavy atom. The maximum atomic E-state index is 11.1. The van der Waals surface area contributed by atoms with Crippen LogP contribution in [-0.4, -0.2) is 122 Å². The summed E-state index contributed by atoms with van der Waals surface area (Å²) in [6.07, 6.45) is 1.28. The molecule has 0 radical (unpaired) electrons. The van der Waals surface area contributed by atoms with Crippen molar-refractivity contribution >= 4 is 82.2 Å². The van der Waals surface area contributed by atoms with E-state index < -0.39 is 27.2 Å². The molecule has 4 N–H and O–H groups in total. The molecule has 2 aromatic heterocycles. The first-order valence-electron chi connectivity index (χ1n) is 9.23. The molecule has 0 aliphatic heterocycles. The summed E-state index contributed by atoms with van der Waals surface area (Å²) < 4.78 is 1.26. The SMILES string of the molecule is BC(B)(B)c1cc(N(C(O)(O)C(B)(B)B)C(O)(O)C(B)(B)B)n2ncnc2n1. The third kappa shape index (κ3) is 3.79. The van der Waals surface area contributed by atoms with Crippen molar-refractivity contribution in [1.82, 2.24) is 19.6 Å². The highest BCUT2D eigenvalue weighted by Gasteiger charge is 2.56. The van der Waals surface area contributed by atoms with Gasteiger partial charge in [-0.1, -0.05) is 5.11 Å². The molecule has 0 aliphatic rings. The van der Waals surface area contributed by atoms with Gasteiger partial charge in [-0.15, -0.1) is 0 Å². The van der Waals surface area contributed by atoms with Crippen LogP contribution in [0.15, 0.2) is 12.4 Å². The molecule has 0 atom stereocenters. The van der Waals surface area contributed by atoms with Crippen molar-refractivity contribution in [2.24, 2.45) is 0 Å². The molecule has 0 saturated heterocycles. The summed E-state index contributed by atoms with van der Waals surface area (Å²) in [5, 5.41) is 45.9. The van der Waals surface area contributed by atoms with Gasteiger partial charge in [-0.3, -0.25) is 4.90 Å². The largest absolute Gasteiger partial charge is 0.350 e. The second kappa shape index (κ2) is 6.65. The molecule has 2 aromatic rings. The molecule has 140 valence electrons. The Bertz CT molecular complexity index is 847. The Kier molecular flexibility index (Phi) is 5.48. The summed E-state index contributed by atoms with van der Waals surface area (Å²) in [7, 11) is 15.4. The average molecular weight is 376 g/mol. The Morgan fingerprint density at radius 1 is 0.821 bits per heavy atom. The van der Waals surface area contributed by atoms with Crippen molar-refractivity contribution in [3.8, 4) is 0 Å². The summed E-state index contributed by atoms with van der Waals surface area (Å²) in [5.74, 6) is -5.05. The number of aromatic nitrogens is 4. The smallest absolute Gasteiger partial charge is 0.254 e. The highest BCUT2D eigenvalue weighted by molar-refractivity contribution is 6.61. The van der Waals surface area contributed by atoms with Crippen molar-refractivity contribution in [2.75, 3.05) is 4.90 Å². The second-order valence-corrected chi connectivity index (χ2v) is 10.3. The topological polar surface area (TPSA) is 127 Å². The molecular weight excluding hydrogens is 351 g/mol. The van der Waals surface area contributed by atoms with Gasteiger partial charge in [0.25, 0.3) is 5.78 Å². The zero-order valence-electron chi connectivity index (χ0n) is 18.2. The lowest BCUT2D eigenvalue weighted by Crippen LogP contribution is -2.71. The van der Waals surface area contributed by atoms with Gasteiger partial charge in [-0.25, -0.2) is 4.98 Å². The van der Waals surface area contributed by atoms with Gasteiger partial charge in [0.2, 0.25) is 11.8 Å². The first-order valence-corrected chi connectivity index (χ1v) is 9.23.